The minimum Gasteiger partial charge on any atom is -0.392 e. The van der Waals surface area contributed by atoms with E-state index < -0.39 is 0 Å². The van der Waals surface area contributed by atoms with E-state index in [9.17, 15) is 5.11 Å². The SMILES string of the molecule is CC(C)Nc1nn(CN2CCCC(O)C2)c(=S)s1. The van der Waals surface area contributed by atoms with Crippen molar-refractivity contribution in [3.05, 3.63) is 3.95 Å². The second-order valence-electron chi connectivity index (χ2n) is 4.99. The predicted octanol–water partition coefficient (Wildman–Crippen LogP) is 1.91. The van der Waals surface area contributed by atoms with Gasteiger partial charge >= 0.3 is 0 Å². The number of aliphatic hydroxyl groups is 1. The fourth-order valence-corrected chi connectivity index (χ4v) is 3.19. The summed E-state index contributed by atoms with van der Waals surface area (Å²) in [6.07, 6.45) is 1.73. The van der Waals surface area contributed by atoms with Crippen molar-refractivity contribution in [3.63, 3.8) is 0 Å². The fourth-order valence-electron chi connectivity index (χ4n) is 2.05. The van der Waals surface area contributed by atoms with Crippen molar-refractivity contribution >= 4 is 28.7 Å². The number of hydrogen-bond acceptors (Lipinski definition) is 6. The molecule has 7 heteroatoms. The molecule has 2 heterocycles. The Morgan fingerprint density at radius 2 is 2.39 bits per heavy atom. The Bertz CT molecular complexity index is 442. The molecular weight excluding hydrogens is 268 g/mol. The molecule has 0 bridgehead atoms. The highest BCUT2D eigenvalue weighted by Gasteiger charge is 2.18. The lowest BCUT2D eigenvalue weighted by atomic mass is 10.1. The van der Waals surface area contributed by atoms with Gasteiger partial charge in [-0.2, -0.15) is 0 Å². The van der Waals surface area contributed by atoms with Gasteiger partial charge in [0.2, 0.25) is 5.13 Å². The third-order valence-corrected chi connectivity index (χ3v) is 4.07. The van der Waals surface area contributed by atoms with Crippen LogP contribution in [0, 0.1) is 3.95 Å². The summed E-state index contributed by atoms with van der Waals surface area (Å²) >= 11 is 6.81. The van der Waals surface area contributed by atoms with Crippen LogP contribution in [0.2, 0.25) is 0 Å². The molecule has 0 radical (unpaired) electrons. The molecule has 1 saturated heterocycles. The van der Waals surface area contributed by atoms with Crippen LogP contribution in [0.3, 0.4) is 0 Å². The normalized spacial score (nSPS) is 21.4. The molecule has 0 aromatic carbocycles. The molecule has 0 spiro atoms. The maximum absolute atomic E-state index is 9.64. The molecule has 1 aromatic rings. The van der Waals surface area contributed by atoms with E-state index in [2.05, 4.69) is 29.2 Å². The van der Waals surface area contributed by atoms with Gasteiger partial charge in [0.1, 0.15) is 0 Å². The number of nitrogens with zero attached hydrogens (tertiary/aromatic N) is 3. The average molecular weight is 288 g/mol. The number of likely N-dealkylation sites (tertiary alicyclic amines) is 1. The molecule has 1 fully saturated rings. The van der Waals surface area contributed by atoms with Crippen LogP contribution < -0.4 is 5.32 Å². The molecule has 5 nitrogen and oxygen atoms in total. The molecule has 1 aromatic heterocycles. The van der Waals surface area contributed by atoms with Crippen molar-refractivity contribution < 1.29 is 5.11 Å². The van der Waals surface area contributed by atoms with E-state index >= 15 is 0 Å². The van der Waals surface area contributed by atoms with Crippen molar-refractivity contribution in [2.45, 2.75) is 45.5 Å². The van der Waals surface area contributed by atoms with Gasteiger partial charge in [0.25, 0.3) is 0 Å². The van der Waals surface area contributed by atoms with Crippen LogP contribution in [0.4, 0.5) is 5.13 Å². The summed E-state index contributed by atoms with van der Waals surface area (Å²) in [6, 6.07) is 0.357. The van der Waals surface area contributed by atoms with Gasteiger partial charge in [-0.1, -0.05) is 11.3 Å². The van der Waals surface area contributed by atoms with Gasteiger partial charge in [-0.3, -0.25) is 4.90 Å². The maximum atomic E-state index is 9.64. The summed E-state index contributed by atoms with van der Waals surface area (Å²) in [5, 5.41) is 18.2. The predicted molar refractivity (Wildman–Crippen MR) is 76.5 cm³/mol. The van der Waals surface area contributed by atoms with Crippen LogP contribution in [0.15, 0.2) is 0 Å². The summed E-state index contributed by atoms with van der Waals surface area (Å²) < 4.78 is 2.61. The largest absolute Gasteiger partial charge is 0.392 e. The Morgan fingerprint density at radius 1 is 1.61 bits per heavy atom. The van der Waals surface area contributed by atoms with E-state index in [4.69, 9.17) is 12.2 Å². The number of aromatic nitrogens is 2. The van der Waals surface area contributed by atoms with Crippen LogP contribution in [0.1, 0.15) is 26.7 Å². The monoisotopic (exact) mass is 288 g/mol. The van der Waals surface area contributed by atoms with Gasteiger partial charge in [-0.15, -0.1) is 5.10 Å². The highest BCUT2D eigenvalue weighted by molar-refractivity contribution is 7.73. The maximum Gasteiger partial charge on any atom is 0.204 e. The number of rotatable bonds is 4. The molecule has 102 valence electrons. The summed E-state index contributed by atoms with van der Waals surface area (Å²) in [4.78, 5) is 2.20. The van der Waals surface area contributed by atoms with Crippen molar-refractivity contribution in [2.24, 2.45) is 0 Å². The molecule has 2 rings (SSSR count). The zero-order valence-corrected chi connectivity index (χ0v) is 12.4. The van der Waals surface area contributed by atoms with E-state index in [1.807, 2.05) is 4.68 Å². The molecule has 1 aliphatic heterocycles. The van der Waals surface area contributed by atoms with Crippen LogP contribution in [-0.2, 0) is 6.67 Å². The minimum absolute atomic E-state index is 0.209. The molecule has 0 saturated carbocycles. The van der Waals surface area contributed by atoms with E-state index in [0.717, 1.165) is 28.5 Å². The Kier molecular flexibility index (Phi) is 4.71. The number of hydrogen-bond donors (Lipinski definition) is 2. The van der Waals surface area contributed by atoms with Crippen molar-refractivity contribution in [3.8, 4) is 0 Å². The second kappa shape index (κ2) is 6.10. The van der Waals surface area contributed by atoms with Crippen LogP contribution in [0.25, 0.3) is 0 Å². The molecule has 1 atom stereocenters. The highest BCUT2D eigenvalue weighted by Crippen LogP contribution is 2.17. The third-order valence-electron chi connectivity index (χ3n) is 2.83. The molecule has 1 unspecified atom stereocenters. The van der Waals surface area contributed by atoms with Crippen molar-refractivity contribution in [1.82, 2.24) is 14.7 Å². The molecule has 0 amide bonds. The standard InChI is InChI=1S/C11H20N4OS2/c1-8(2)12-10-13-15(11(17)18-10)7-14-5-3-4-9(16)6-14/h8-9,16H,3-7H2,1-2H3,(H,12,13). The summed E-state index contributed by atoms with van der Waals surface area (Å²) in [5.41, 5.74) is 0. The fraction of sp³-hybridized carbons (Fsp3) is 0.818. The van der Waals surface area contributed by atoms with Crippen molar-refractivity contribution in [1.29, 1.82) is 0 Å². The Balaban J connectivity index is 2.00. The third kappa shape index (κ3) is 3.74. The Morgan fingerprint density at radius 3 is 3.06 bits per heavy atom. The quantitative estimate of drug-likeness (QED) is 0.829. The molecule has 2 N–H and O–H groups in total. The smallest absolute Gasteiger partial charge is 0.204 e. The zero-order valence-electron chi connectivity index (χ0n) is 10.8. The number of anilines is 1. The lowest BCUT2D eigenvalue weighted by Crippen LogP contribution is -2.39. The Hall–Kier alpha value is -0.500. The van der Waals surface area contributed by atoms with E-state index in [1.54, 1.807) is 0 Å². The van der Waals surface area contributed by atoms with Crippen LogP contribution in [-0.4, -0.2) is 45.0 Å². The topological polar surface area (TPSA) is 53.3 Å². The minimum atomic E-state index is -0.209. The first-order chi connectivity index (χ1) is 8.54. The first-order valence-electron chi connectivity index (χ1n) is 6.29. The number of aliphatic hydroxyl groups excluding tert-OH is 1. The second-order valence-corrected chi connectivity index (χ2v) is 6.61. The van der Waals surface area contributed by atoms with Crippen molar-refractivity contribution in [2.75, 3.05) is 18.4 Å². The number of β-amino-alcohol motifs (C(OH)–C–C–N with tert-alkyl or cyclic N) is 1. The molecule has 18 heavy (non-hydrogen) atoms. The summed E-state index contributed by atoms with van der Waals surface area (Å²) in [6.45, 7) is 6.55. The highest BCUT2D eigenvalue weighted by atomic mass is 32.1. The van der Waals surface area contributed by atoms with Gasteiger partial charge in [-0.25, -0.2) is 4.68 Å². The van der Waals surface area contributed by atoms with Gasteiger partial charge < -0.3 is 10.4 Å². The van der Waals surface area contributed by atoms with Crippen LogP contribution in [0.5, 0.6) is 0 Å². The average Bonchev–Trinajstić information content (AvgIpc) is 2.58. The number of piperidine rings is 1. The zero-order chi connectivity index (χ0) is 13.1. The van der Waals surface area contributed by atoms with E-state index in [1.165, 1.54) is 11.3 Å². The first-order valence-corrected chi connectivity index (χ1v) is 7.52. The first kappa shape index (κ1) is 13.9. The molecule has 1 aliphatic rings. The molecule has 0 aliphatic carbocycles. The van der Waals surface area contributed by atoms with Crippen LogP contribution >= 0.6 is 23.6 Å². The van der Waals surface area contributed by atoms with E-state index in [0.29, 0.717) is 19.3 Å². The molecular formula is C11H20N4OS2. The summed E-state index contributed by atoms with van der Waals surface area (Å²) in [5.74, 6) is 0. The van der Waals surface area contributed by atoms with Gasteiger partial charge in [0.15, 0.2) is 3.95 Å². The number of nitrogens with one attached hydrogen (secondary N) is 1. The lowest BCUT2D eigenvalue weighted by Gasteiger charge is -2.29. The lowest BCUT2D eigenvalue weighted by molar-refractivity contribution is 0.0516. The Labute approximate surface area is 116 Å². The summed E-state index contributed by atoms with van der Waals surface area (Å²) in [7, 11) is 0. The van der Waals surface area contributed by atoms with Gasteiger partial charge in [0.05, 0.1) is 12.8 Å². The van der Waals surface area contributed by atoms with Gasteiger partial charge in [0, 0.05) is 19.1 Å². The van der Waals surface area contributed by atoms with Gasteiger partial charge in [-0.05, 0) is 38.9 Å². The van der Waals surface area contributed by atoms with E-state index in [-0.39, 0.29) is 6.10 Å².